The molecule has 0 saturated heterocycles. The second kappa shape index (κ2) is 6.39. The Kier molecular flexibility index (Phi) is 4.13. The number of anilines is 1. The van der Waals surface area contributed by atoms with Gasteiger partial charge in [0.1, 0.15) is 17.6 Å². The Bertz CT molecular complexity index is 927. The van der Waals surface area contributed by atoms with Crippen molar-refractivity contribution >= 4 is 5.82 Å². The maximum absolute atomic E-state index is 9.49. The molecule has 118 valence electrons. The highest BCUT2D eigenvalue weighted by molar-refractivity contribution is 5.84. The Morgan fingerprint density at radius 2 is 1.88 bits per heavy atom. The summed E-state index contributed by atoms with van der Waals surface area (Å²) < 4.78 is 0. The molecule has 0 fully saturated rings. The number of rotatable bonds is 3. The lowest BCUT2D eigenvalue weighted by Crippen LogP contribution is -2.02. The molecule has 0 spiro atoms. The van der Waals surface area contributed by atoms with Gasteiger partial charge in [0.05, 0.1) is 5.56 Å². The predicted molar refractivity (Wildman–Crippen MR) is 93.1 cm³/mol. The number of aromatic hydroxyl groups is 1. The lowest BCUT2D eigenvalue weighted by Gasteiger charge is -2.16. The molecule has 0 atom stereocenters. The van der Waals surface area contributed by atoms with E-state index in [9.17, 15) is 5.11 Å². The van der Waals surface area contributed by atoms with E-state index in [1.807, 2.05) is 19.1 Å². The van der Waals surface area contributed by atoms with Crippen LogP contribution in [0, 0.1) is 11.3 Å². The summed E-state index contributed by atoms with van der Waals surface area (Å²) in [5.41, 5.74) is 11.1. The molecule has 0 amide bonds. The van der Waals surface area contributed by atoms with E-state index in [0.29, 0.717) is 11.4 Å². The van der Waals surface area contributed by atoms with Crippen molar-refractivity contribution < 1.29 is 5.11 Å². The van der Waals surface area contributed by atoms with Gasteiger partial charge in [0.25, 0.3) is 0 Å². The minimum atomic E-state index is 0.214. The minimum Gasteiger partial charge on any atom is -0.508 e. The molecule has 0 saturated carbocycles. The molecule has 2 heterocycles. The van der Waals surface area contributed by atoms with E-state index in [1.165, 1.54) is 6.20 Å². The number of aromatic nitrogens is 2. The van der Waals surface area contributed by atoms with E-state index in [4.69, 9.17) is 11.0 Å². The summed E-state index contributed by atoms with van der Waals surface area (Å²) in [5.74, 6) is 0.623. The van der Waals surface area contributed by atoms with Crippen LogP contribution in [0.5, 0.6) is 5.75 Å². The van der Waals surface area contributed by atoms with Gasteiger partial charge < -0.3 is 10.8 Å². The molecule has 3 rings (SSSR count). The number of hydrogen-bond donors (Lipinski definition) is 2. The molecule has 3 N–H and O–H groups in total. The third kappa shape index (κ3) is 2.77. The zero-order chi connectivity index (χ0) is 17.1. The molecule has 0 unspecified atom stereocenters. The molecule has 1 aromatic carbocycles. The van der Waals surface area contributed by atoms with Gasteiger partial charge in [-0.2, -0.15) is 5.26 Å². The summed E-state index contributed by atoms with van der Waals surface area (Å²) >= 11 is 0. The average Bonchev–Trinajstić information content (AvgIpc) is 2.62. The van der Waals surface area contributed by atoms with Gasteiger partial charge in [0.15, 0.2) is 0 Å². The number of pyridine rings is 2. The average molecular weight is 316 g/mol. The van der Waals surface area contributed by atoms with Gasteiger partial charge in [-0.15, -0.1) is 0 Å². The van der Waals surface area contributed by atoms with Crippen LogP contribution in [0.25, 0.3) is 22.3 Å². The van der Waals surface area contributed by atoms with Crippen molar-refractivity contribution in [1.29, 1.82) is 5.26 Å². The van der Waals surface area contributed by atoms with Gasteiger partial charge in [-0.1, -0.05) is 19.1 Å². The zero-order valence-corrected chi connectivity index (χ0v) is 13.2. The van der Waals surface area contributed by atoms with Crippen molar-refractivity contribution in [2.24, 2.45) is 0 Å². The quantitative estimate of drug-likeness (QED) is 0.770. The third-order valence-electron chi connectivity index (χ3n) is 3.90. The molecule has 0 aliphatic heterocycles. The van der Waals surface area contributed by atoms with Crippen LogP contribution in [0.15, 0.2) is 48.9 Å². The number of nitrogens with two attached hydrogens (primary N) is 1. The van der Waals surface area contributed by atoms with Crippen LogP contribution in [-0.2, 0) is 6.42 Å². The molecule has 5 nitrogen and oxygen atoms in total. The molecular weight excluding hydrogens is 300 g/mol. The Morgan fingerprint density at radius 1 is 1.12 bits per heavy atom. The van der Waals surface area contributed by atoms with Gasteiger partial charge in [-0.25, -0.2) is 4.98 Å². The topological polar surface area (TPSA) is 95.8 Å². The van der Waals surface area contributed by atoms with Crippen LogP contribution in [0.4, 0.5) is 5.82 Å². The Labute approximate surface area is 140 Å². The highest BCUT2D eigenvalue weighted by atomic mass is 16.3. The number of benzene rings is 1. The minimum absolute atomic E-state index is 0.214. The molecule has 3 aromatic rings. The fourth-order valence-electron chi connectivity index (χ4n) is 2.78. The fraction of sp³-hybridized carbons (Fsp3) is 0.105. The Hall–Kier alpha value is -3.39. The maximum atomic E-state index is 9.49. The van der Waals surface area contributed by atoms with Crippen LogP contribution in [0.2, 0.25) is 0 Å². The number of nitrogens with zero attached hydrogens (tertiary/aromatic N) is 3. The predicted octanol–water partition coefficient (Wildman–Crippen LogP) is 3.53. The summed E-state index contributed by atoms with van der Waals surface area (Å²) in [6.07, 6.45) is 5.69. The largest absolute Gasteiger partial charge is 0.508 e. The second-order valence-corrected chi connectivity index (χ2v) is 5.39. The van der Waals surface area contributed by atoms with Crippen molar-refractivity contribution in [3.05, 3.63) is 60.0 Å². The van der Waals surface area contributed by atoms with E-state index in [1.54, 1.807) is 30.6 Å². The van der Waals surface area contributed by atoms with Gasteiger partial charge in [0.2, 0.25) is 0 Å². The van der Waals surface area contributed by atoms with E-state index >= 15 is 0 Å². The zero-order valence-electron chi connectivity index (χ0n) is 13.2. The molecule has 2 aromatic heterocycles. The van der Waals surface area contributed by atoms with E-state index in [-0.39, 0.29) is 5.75 Å². The maximum Gasteiger partial charge on any atom is 0.131 e. The van der Waals surface area contributed by atoms with Crippen molar-refractivity contribution in [2.75, 3.05) is 5.73 Å². The molecule has 0 aliphatic rings. The lowest BCUT2D eigenvalue weighted by atomic mass is 9.92. The normalized spacial score (nSPS) is 10.3. The third-order valence-corrected chi connectivity index (χ3v) is 3.90. The number of nitrogen functional groups attached to an aromatic ring is 1. The molecule has 5 heteroatoms. The van der Waals surface area contributed by atoms with Crippen molar-refractivity contribution in [1.82, 2.24) is 9.97 Å². The highest BCUT2D eigenvalue weighted by Crippen LogP contribution is 2.36. The van der Waals surface area contributed by atoms with Crippen LogP contribution >= 0.6 is 0 Å². The van der Waals surface area contributed by atoms with Crippen LogP contribution in [0.3, 0.4) is 0 Å². The summed E-state index contributed by atoms with van der Waals surface area (Å²) in [5, 5.41) is 18.6. The van der Waals surface area contributed by atoms with Gasteiger partial charge in [-0.05, 0) is 35.7 Å². The van der Waals surface area contributed by atoms with E-state index < -0.39 is 0 Å². The molecular formula is C19H16N4O. The number of phenols is 1. The van der Waals surface area contributed by atoms with Crippen LogP contribution < -0.4 is 5.73 Å². The SMILES string of the molecule is CCc1c(-c2ccc(O)cc2)cnc(N)c1-c1cncc(C#N)c1. The summed E-state index contributed by atoms with van der Waals surface area (Å²) in [6.45, 7) is 2.05. The number of hydrogen-bond acceptors (Lipinski definition) is 5. The molecule has 0 bridgehead atoms. The first kappa shape index (κ1) is 15.5. The highest BCUT2D eigenvalue weighted by Gasteiger charge is 2.15. The number of nitriles is 1. The first-order chi connectivity index (χ1) is 11.6. The van der Waals surface area contributed by atoms with Crippen LogP contribution in [-0.4, -0.2) is 15.1 Å². The number of phenolic OH excluding ortho intramolecular Hbond substituents is 1. The molecule has 0 aliphatic carbocycles. The van der Waals surface area contributed by atoms with Crippen molar-refractivity contribution in [3.8, 4) is 34.1 Å². The van der Waals surface area contributed by atoms with E-state index in [2.05, 4.69) is 16.0 Å². The Balaban J connectivity index is 2.24. The first-order valence-electron chi connectivity index (χ1n) is 7.56. The second-order valence-electron chi connectivity index (χ2n) is 5.39. The van der Waals surface area contributed by atoms with Crippen LogP contribution in [0.1, 0.15) is 18.1 Å². The van der Waals surface area contributed by atoms with Gasteiger partial charge in [0, 0.05) is 35.3 Å². The summed E-state index contributed by atoms with van der Waals surface area (Å²) in [6, 6.07) is 10.8. The van der Waals surface area contributed by atoms with E-state index in [0.717, 1.165) is 34.2 Å². The standard InChI is InChI=1S/C19H16N4O/c1-2-16-17(13-3-5-15(24)6-4-13)11-23-19(21)18(16)14-7-12(8-20)9-22-10-14/h3-7,9-11,24H,2H2,1H3,(H2,21,23). The smallest absolute Gasteiger partial charge is 0.131 e. The molecule has 0 radical (unpaired) electrons. The summed E-state index contributed by atoms with van der Waals surface area (Å²) in [7, 11) is 0. The van der Waals surface area contributed by atoms with Gasteiger partial charge in [-0.3, -0.25) is 4.98 Å². The summed E-state index contributed by atoms with van der Waals surface area (Å²) in [4.78, 5) is 8.45. The fourth-order valence-corrected chi connectivity index (χ4v) is 2.78. The monoisotopic (exact) mass is 316 g/mol. The lowest BCUT2D eigenvalue weighted by molar-refractivity contribution is 0.475. The first-order valence-corrected chi connectivity index (χ1v) is 7.56. The molecule has 24 heavy (non-hydrogen) atoms. The van der Waals surface area contributed by atoms with Gasteiger partial charge >= 0.3 is 0 Å². The Morgan fingerprint density at radius 3 is 2.54 bits per heavy atom. The van der Waals surface area contributed by atoms with Crippen molar-refractivity contribution in [3.63, 3.8) is 0 Å². The van der Waals surface area contributed by atoms with Crippen molar-refractivity contribution in [2.45, 2.75) is 13.3 Å².